The molecular weight excluding hydrogens is 334 g/mol. The molecular formula is C15H12BrN3O2. The van der Waals surface area contributed by atoms with E-state index < -0.39 is 5.97 Å². The molecule has 0 bridgehead atoms. The molecule has 0 aliphatic carbocycles. The number of fused-ring (bicyclic) bond motifs is 1. The van der Waals surface area contributed by atoms with E-state index in [1.165, 1.54) is 6.07 Å². The number of aromatic nitrogens is 3. The summed E-state index contributed by atoms with van der Waals surface area (Å²) in [6, 6.07) is 8.86. The van der Waals surface area contributed by atoms with Gasteiger partial charge < -0.3 is 5.11 Å². The first-order valence-electron chi connectivity index (χ1n) is 6.33. The van der Waals surface area contributed by atoms with Crippen molar-refractivity contribution in [1.29, 1.82) is 0 Å². The van der Waals surface area contributed by atoms with Gasteiger partial charge in [-0.2, -0.15) is 0 Å². The maximum Gasteiger partial charge on any atom is 0.335 e. The summed E-state index contributed by atoms with van der Waals surface area (Å²) in [5, 5.41) is 17.3. The molecule has 5 nitrogen and oxygen atoms in total. The molecule has 6 heteroatoms. The molecule has 0 saturated carbocycles. The number of halogens is 1. The molecule has 0 amide bonds. The summed E-state index contributed by atoms with van der Waals surface area (Å²) in [4.78, 5) is 11.0. The number of carboxylic acid groups (broad SMARTS) is 1. The minimum absolute atomic E-state index is 0.207. The van der Waals surface area contributed by atoms with Gasteiger partial charge in [0.2, 0.25) is 0 Å². The van der Waals surface area contributed by atoms with Gasteiger partial charge in [0.25, 0.3) is 0 Å². The van der Waals surface area contributed by atoms with Crippen LogP contribution in [0.15, 0.2) is 34.8 Å². The lowest BCUT2D eigenvalue weighted by molar-refractivity contribution is 0.0697. The zero-order valence-electron chi connectivity index (χ0n) is 11.5. The second-order valence-corrected chi connectivity index (χ2v) is 5.81. The fourth-order valence-electron chi connectivity index (χ4n) is 2.46. The van der Waals surface area contributed by atoms with Crippen LogP contribution in [0.1, 0.15) is 21.5 Å². The maximum absolute atomic E-state index is 11.0. The monoisotopic (exact) mass is 345 g/mol. The fourth-order valence-corrected chi connectivity index (χ4v) is 3.15. The highest BCUT2D eigenvalue weighted by atomic mass is 79.9. The quantitative estimate of drug-likeness (QED) is 0.771. The number of benzene rings is 2. The van der Waals surface area contributed by atoms with Crippen molar-refractivity contribution < 1.29 is 9.90 Å². The van der Waals surface area contributed by atoms with Gasteiger partial charge in [0.1, 0.15) is 5.52 Å². The van der Waals surface area contributed by atoms with Gasteiger partial charge in [-0.05, 0) is 55.3 Å². The lowest BCUT2D eigenvalue weighted by Crippen LogP contribution is -2.02. The predicted octanol–water partition coefficient (Wildman–Crippen LogP) is 3.50. The van der Waals surface area contributed by atoms with Crippen LogP contribution < -0.4 is 0 Å². The summed E-state index contributed by atoms with van der Waals surface area (Å²) in [5.41, 5.74) is 4.65. The van der Waals surface area contributed by atoms with E-state index in [0.29, 0.717) is 5.52 Å². The Morgan fingerprint density at radius 1 is 1.19 bits per heavy atom. The average Bonchev–Trinajstić information content (AvgIpc) is 2.80. The second-order valence-electron chi connectivity index (χ2n) is 4.90. The topological polar surface area (TPSA) is 68.0 Å². The van der Waals surface area contributed by atoms with Crippen LogP contribution in [0.5, 0.6) is 0 Å². The van der Waals surface area contributed by atoms with Gasteiger partial charge in [-0.1, -0.05) is 21.1 Å². The molecule has 3 aromatic rings. The van der Waals surface area contributed by atoms with E-state index in [1.54, 1.807) is 16.8 Å². The predicted molar refractivity (Wildman–Crippen MR) is 83.0 cm³/mol. The third-order valence-corrected chi connectivity index (χ3v) is 3.82. The molecule has 1 aromatic heterocycles. The first-order valence-corrected chi connectivity index (χ1v) is 7.12. The Labute approximate surface area is 129 Å². The van der Waals surface area contributed by atoms with Gasteiger partial charge in [-0.25, -0.2) is 9.48 Å². The second kappa shape index (κ2) is 4.96. The molecule has 0 spiro atoms. The Bertz CT molecular complexity index is 847. The summed E-state index contributed by atoms with van der Waals surface area (Å²) in [6.45, 7) is 4.01. The molecule has 1 heterocycles. The lowest BCUT2D eigenvalue weighted by atomic mass is 10.1. The van der Waals surface area contributed by atoms with E-state index in [-0.39, 0.29) is 5.56 Å². The summed E-state index contributed by atoms with van der Waals surface area (Å²) in [7, 11) is 0. The first-order chi connectivity index (χ1) is 9.97. The van der Waals surface area contributed by atoms with Crippen LogP contribution in [-0.2, 0) is 0 Å². The number of hydrogen-bond donors (Lipinski definition) is 1. The van der Waals surface area contributed by atoms with Gasteiger partial charge in [-0.3, -0.25) is 0 Å². The zero-order valence-corrected chi connectivity index (χ0v) is 13.0. The molecule has 3 rings (SSSR count). The van der Waals surface area contributed by atoms with Crippen LogP contribution in [0.3, 0.4) is 0 Å². The summed E-state index contributed by atoms with van der Waals surface area (Å²) in [6.07, 6.45) is 0. The van der Waals surface area contributed by atoms with Gasteiger partial charge in [0.15, 0.2) is 0 Å². The Hall–Kier alpha value is -2.21. The summed E-state index contributed by atoms with van der Waals surface area (Å²) < 4.78 is 2.76. The molecule has 0 aliphatic rings. The Morgan fingerprint density at radius 3 is 2.48 bits per heavy atom. The standard InChI is InChI=1S/C15H12BrN3O2/c1-8-5-11(16)6-9(2)14(8)19-13-4-3-10(15(20)21)7-12(13)17-18-19/h3-7H,1-2H3,(H,20,21). The number of rotatable bonds is 2. The minimum Gasteiger partial charge on any atom is -0.478 e. The van der Waals surface area contributed by atoms with Crippen LogP contribution in [-0.4, -0.2) is 26.1 Å². The van der Waals surface area contributed by atoms with Crippen molar-refractivity contribution in [1.82, 2.24) is 15.0 Å². The van der Waals surface area contributed by atoms with Gasteiger partial charge in [0, 0.05) is 4.47 Å². The normalized spacial score (nSPS) is 11.0. The molecule has 21 heavy (non-hydrogen) atoms. The van der Waals surface area contributed by atoms with Crippen LogP contribution in [0.25, 0.3) is 16.7 Å². The van der Waals surface area contributed by atoms with Crippen LogP contribution in [0.4, 0.5) is 0 Å². The molecule has 2 aromatic carbocycles. The number of carbonyl (C=O) groups is 1. The van der Waals surface area contributed by atoms with Crippen molar-refractivity contribution in [2.45, 2.75) is 13.8 Å². The molecule has 0 radical (unpaired) electrons. The highest BCUT2D eigenvalue weighted by molar-refractivity contribution is 9.10. The third-order valence-electron chi connectivity index (χ3n) is 3.36. The SMILES string of the molecule is Cc1cc(Br)cc(C)c1-n1nnc2cc(C(=O)O)ccc21. The van der Waals surface area contributed by atoms with E-state index >= 15 is 0 Å². The van der Waals surface area contributed by atoms with Crippen molar-refractivity contribution >= 4 is 32.9 Å². The average molecular weight is 346 g/mol. The number of aryl methyl sites for hydroxylation is 2. The van der Waals surface area contributed by atoms with Crippen LogP contribution in [0, 0.1) is 13.8 Å². The molecule has 1 N–H and O–H groups in total. The highest BCUT2D eigenvalue weighted by Gasteiger charge is 2.13. The molecule has 0 aliphatic heterocycles. The smallest absolute Gasteiger partial charge is 0.335 e. The van der Waals surface area contributed by atoms with E-state index in [4.69, 9.17) is 5.11 Å². The number of carboxylic acids is 1. The third kappa shape index (κ3) is 2.31. The summed E-state index contributed by atoms with van der Waals surface area (Å²) >= 11 is 3.48. The van der Waals surface area contributed by atoms with E-state index in [0.717, 1.165) is 26.8 Å². The molecule has 0 atom stereocenters. The summed E-state index contributed by atoms with van der Waals surface area (Å²) in [5.74, 6) is -0.970. The Balaban J connectivity index is 2.25. The van der Waals surface area contributed by atoms with Crippen LogP contribution in [0.2, 0.25) is 0 Å². The van der Waals surface area contributed by atoms with Crippen molar-refractivity contribution in [2.24, 2.45) is 0 Å². The van der Waals surface area contributed by atoms with Crippen molar-refractivity contribution in [2.75, 3.05) is 0 Å². The van der Waals surface area contributed by atoms with Crippen molar-refractivity contribution in [3.8, 4) is 5.69 Å². The Morgan fingerprint density at radius 2 is 1.86 bits per heavy atom. The molecule has 106 valence electrons. The van der Waals surface area contributed by atoms with E-state index in [9.17, 15) is 4.79 Å². The zero-order chi connectivity index (χ0) is 15.1. The number of hydrogen-bond acceptors (Lipinski definition) is 3. The Kier molecular flexibility index (Phi) is 3.25. The van der Waals surface area contributed by atoms with E-state index in [2.05, 4.69) is 26.2 Å². The largest absolute Gasteiger partial charge is 0.478 e. The molecule has 0 unspecified atom stereocenters. The maximum atomic E-state index is 11.0. The van der Waals surface area contributed by atoms with Gasteiger partial charge in [0.05, 0.1) is 16.8 Å². The van der Waals surface area contributed by atoms with E-state index in [1.807, 2.05) is 26.0 Å². The number of nitrogens with zero attached hydrogens (tertiary/aromatic N) is 3. The number of aromatic carboxylic acids is 1. The molecule has 0 fully saturated rings. The van der Waals surface area contributed by atoms with Gasteiger partial charge in [-0.15, -0.1) is 5.10 Å². The van der Waals surface area contributed by atoms with Gasteiger partial charge >= 0.3 is 5.97 Å². The van der Waals surface area contributed by atoms with Crippen molar-refractivity contribution in [3.05, 3.63) is 51.5 Å². The minimum atomic E-state index is -0.970. The fraction of sp³-hybridized carbons (Fsp3) is 0.133. The molecule has 0 saturated heterocycles. The van der Waals surface area contributed by atoms with Crippen molar-refractivity contribution in [3.63, 3.8) is 0 Å². The highest BCUT2D eigenvalue weighted by Crippen LogP contribution is 2.26. The first kappa shape index (κ1) is 13.8. The lowest BCUT2D eigenvalue weighted by Gasteiger charge is -2.11. The van der Waals surface area contributed by atoms with Crippen LogP contribution >= 0.6 is 15.9 Å².